The van der Waals surface area contributed by atoms with E-state index in [-0.39, 0.29) is 5.91 Å². The Hall–Kier alpha value is -3.67. The average Bonchev–Trinajstić information content (AvgIpc) is 3.03. The fraction of sp³-hybridized carbons (Fsp3) is 0.174. The van der Waals surface area contributed by atoms with E-state index in [0.717, 1.165) is 39.5 Å². The minimum Gasteiger partial charge on any atom is -0.378 e. The van der Waals surface area contributed by atoms with E-state index in [1.54, 1.807) is 24.5 Å². The van der Waals surface area contributed by atoms with Gasteiger partial charge in [0.15, 0.2) is 5.65 Å². The molecule has 4 aromatic rings. The van der Waals surface area contributed by atoms with Gasteiger partial charge in [-0.3, -0.25) is 9.78 Å². The number of hydrogen-bond donors (Lipinski definition) is 2. The standard InChI is InChI=1S/C23H23N5O/c1-15-7-4-9-20(27-23(29)18-8-5-11-24-13-18)19(15)14-25-21-10-6-12-28-17(3)16(2)26-22(21)28/h4-13,25H,14H2,1-3H3,(H,27,29). The molecule has 0 saturated carbocycles. The number of nitrogens with one attached hydrogen (secondary N) is 2. The van der Waals surface area contributed by atoms with Gasteiger partial charge < -0.3 is 15.0 Å². The van der Waals surface area contributed by atoms with Gasteiger partial charge in [0, 0.05) is 36.5 Å². The highest BCUT2D eigenvalue weighted by Gasteiger charge is 2.13. The molecule has 4 rings (SSSR count). The molecule has 3 aromatic heterocycles. The molecule has 0 spiro atoms. The van der Waals surface area contributed by atoms with E-state index in [0.29, 0.717) is 12.1 Å². The first-order valence-electron chi connectivity index (χ1n) is 9.52. The van der Waals surface area contributed by atoms with Crippen LogP contribution < -0.4 is 10.6 Å². The Labute approximate surface area is 169 Å². The first kappa shape index (κ1) is 18.7. The van der Waals surface area contributed by atoms with Crippen molar-refractivity contribution in [1.82, 2.24) is 14.4 Å². The molecule has 3 heterocycles. The van der Waals surface area contributed by atoms with Crippen molar-refractivity contribution < 1.29 is 4.79 Å². The van der Waals surface area contributed by atoms with Crippen LogP contribution in [-0.4, -0.2) is 20.3 Å². The summed E-state index contributed by atoms with van der Waals surface area (Å²) in [4.78, 5) is 21.3. The summed E-state index contributed by atoms with van der Waals surface area (Å²) in [6, 6.07) is 13.4. The van der Waals surface area contributed by atoms with Crippen LogP contribution in [0.2, 0.25) is 0 Å². The second-order valence-corrected chi connectivity index (χ2v) is 7.05. The molecule has 146 valence electrons. The quantitative estimate of drug-likeness (QED) is 0.530. The van der Waals surface area contributed by atoms with E-state index in [4.69, 9.17) is 0 Å². The number of hydrogen-bond acceptors (Lipinski definition) is 4. The normalized spacial score (nSPS) is 10.9. The first-order valence-corrected chi connectivity index (χ1v) is 9.52. The third-order valence-electron chi connectivity index (χ3n) is 5.16. The van der Waals surface area contributed by atoms with Crippen LogP contribution in [0.3, 0.4) is 0 Å². The number of fused-ring (bicyclic) bond motifs is 1. The second kappa shape index (κ2) is 7.75. The van der Waals surface area contributed by atoms with Gasteiger partial charge in [0.25, 0.3) is 5.91 Å². The predicted octanol–water partition coefficient (Wildman–Crippen LogP) is 4.52. The molecule has 0 radical (unpaired) electrons. The largest absolute Gasteiger partial charge is 0.378 e. The van der Waals surface area contributed by atoms with Gasteiger partial charge in [-0.1, -0.05) is 12.1 Å². The van der Waals surface area contributed by atoms with Crippen molar-refractivity contribution in [2.45, 2.75) is 27.3 Å². The summed E-state index contributed by atoms with van der Waals surface area (Å²) in [6.45, 7) is 6.69. The molecule has 1 aromatic carbocycles. The molecule has 6 nitrogen and oxygen atoms in total. The number of rotatable bonds is 5. The summed E-state index contributed by atoms with van der Waals surface area (Å²) < 4.78 is 2.08. The number of aromatic nitrogens is 3. The smallest absolute Gasteiger partial charge is 0.257 e. The maximum atomic E-state index is 12.6. The number of carbonyl (C=O) groups excluding carboxylic acids is 1. The van der Waals surface area contributed by atoms with E-state index in [9.17, 15) is 4.79 Å². The number of benzene rings is 1. The van der Waals surface area contributed by atoms with Crippen molar-refractivity contribution in [3.8, 4) is 0 Å². The van der Waals surface area contributed by atoms with Gasteiger partial charge in [0.1, 0.15) is 0 Å². The molecule has 0 aliphatic rings. The maximum Gasteiger partial charge on any atom is 0.257 e. The summed E-state index contributed by atoms with van der Waals surface area (Å²) in [5.74, 6) is -0.174. The molecule has 0 fully saturated rings. The summed E-state index contributed by atoms with van der Waals surface area (Å²) >= 11 is 0. The zero-order valence-electron chi connectivity index (χ0n) is 16.7. The van der Waals surface area contributed by atoms with E-state index >= 15 is 0 Å². The van der Waals surface area contributed by atoms with Crippen LogP contribution in [-0.2, 0) is 6.54 Å². The van der Waals surface area contributed by atoms with Crippen LogP contribution in [0.4, 0.5) is 11.4 Å². The van der Waals surface area contributed by atoms with Crippen molar-refractivity contribution in [3.63, 3.8) is 0 Å². The molecule has 0 aliphatic heterocycles. The van der Waals surface area contributed by atoms with Gasteiger partial charge in [-0.05, 0) is 62.2 Å². The summed E-state index contributed by atoms with van der Waals surface area (Å²) in [5.41, 5.74) is 7.45. The third kappa shape index (κ3) is 3.69. The van der Waals surface area contributed by atoms with E-state index < -0.39 is 0 Å². The minimum atomic E-state index is -0.174. The lowest BCUT2D eigenvalue weighted by molar-refractivity contribution is 0.102. The average molecular weight is 385 g/mol. The van der Waals surface area contributed by atoms with Gasteiger partial charge in [-0.15, -0.1) is 0 Å². The Morgan fingerprint density at radius 1 is 1.03 bits per heavy atom. The fourth-order valence-corrected chi connectivity index (χ4v) is 3.37. The molecule has 0 bridgehead atoms. The maximum absolute atomic E-state index is 12.6. The lowest BCUT2D eigenvalue weighted by Gasteiger charge is -2.15. The van der Waals surface area contributed by atoms with Crippen LogP contribution >= 0.6 is 0 Å². The monoisotopic (exact) mass is 385 g/mol. The van der Waals surface area contributed by atoms with Gasteiger partial charge in [-0.25, -0.2) is 4.98 Å². The molecular weight excluding hydrogens is 362 g/mol. The van der Waals surface area contributed by atoms with Gasteiger partial charge in [0.2, 0.25) is 0 Å². The topological polar surface area (TPSA) is 71.3 Å². The highest BCUT2D eigenvalue weighted by atomic mass is 16.1. The van der Waals surface area contributed by atoms with Crippen LogP contribution in [0.5, 0.6) is 0 Å². The summed E-state index contributed by atoms with van der Waals surface area (Å²) in [5, 5.41) is 6.51. The Balaban J connectivity index is 1.60. The van der Waals surface area contributed by atoms with Crippen molar-refractivity contribution in [2.75, 3.05) is 10.6 Å². The van der Waals surface area contributed by atoms with Crippen molar-refractivity contribution in [1.29, 1.82) is 0 Å². The fourth-order valence-electron chi connectivity index (χ4n) is 3.37. The summed E-state index contributed by atoms with van der Waals surface area (Å²) in [6.07, 6.45) is 5.23. The van der Waals surface area contributed by atoms with Crippen LogP contribution in [0.15, 0.2) is 61.1 Å². The molecule has 0 saturated heterocycles. The first-order chi connectivity index (χ1) is 14.0. The van der Waals surface area contributed by atoms with E-state index in [1.807, 2.05) is 50.4 Å². The molecule has 1 amide bonds. The predicted molar refractivity (Wildman–Crippen MR) is 115 cm³/mol. The number of pyridine rings is 2. The Kier molecular flexibility index (Phi) is 4.99. The number of carbonyl (C=O) groups is 1. The molecule has 6 heteroatoms. The van der Waals surface area contributed by atoms with E-state index in [2.05, 4.69) is 31.9 Å². The van der Waals surface area contributed by atoms with Crippen LogP contribution in [0.1, 0.15) is 32.9 Å². The van der Waals surface area contributed by atoms with Crippen molar-refractivity contribution >= 4 is 22.9 Å². The third-order valence-corrected chi connectivity index (χ3v) is 5.16. The van der Waals surface area contributed by atoms with Gasteiger partial charge in [-0.2, -0.15) is 0 Å². The number of nitrogens with zero attached hydrogens (tertiary/aromatic N) is 3. The minimum absolute atomic E-state index is 0.174. The van der Waals surface area contributed by atoms with E-state index in [1.165, 1.54) is 0 Å². The van der Waals surface area contributed by atoms with Gasteiger partial charge in [0.05, 0.1) is 16.9 Å². The van der Waals surface area contributed by atoms with Gasteiger partial charge >= 0.3 is 0 Å². The zero-order valence-corrected chi connectivity index (χ0v) is 16.7. The Morgan fingerprint density at radius 2 is 1.86 bits per heavy atom. The SMILES string of the molecule is Cc1cccc(NC(=O)c2cccnc2)c1CNc1cccn2c(C)c(C)nc12. The molecule has 29 heavy (non-hydrogen) atoms. The molecule has 0 unspecified atom stereocenters. The summed E-state index contributed by atoms with van der Waals surface area (Å²) in [7, 11) is 0. The van der Waals surface area contributed by atoms with Crippen LogP contribution in [0, 0.1) is 20.8 Å². The van der Waals surface area contributed by atoms with Crippen molar-refractivity contribution in [3.05, 3.63) is 89.1 Å². The molecule has 0 aliphatic carbocycles. The molecular formula is C23H23N5O. The molecule has 2 N–H and O–H groups in total. The number of anilines is 2. The van der Waals surface area contributed by atoms with Crippen molar-refractivity contribution in [2.24, 2.45) is 0 Å². The highest BCUT2D eigenvalue weighted by molar-refractivity contribution is 6.04. The second-order valence-electron chi connectivity index (χ2n) is 7.05. The Morgan fingerprint density at radius 3 is 2.66 bits per heavy atom. The lowest BCUT2D eigenvalue weighted by Crippen LogP contribution is -2.15. The Bertz CT molecular complexity index is 1180. The molecule has 0 atom stereocenters. The van der Waals surface area contributed by atoms with Crippen LogP contribution in [0.25, 0.3) is 5.65 Å². The number of aryl methyl sites for hydroxylation is 3. The zero-order chi connectivity index (χ0) is 20.4. The highest BCUT2D eigenvalue weighted by Crippen LogP contribution is 2.24. The number of imidazole rings is 1. The number of amides is 1. The lowest BCUT2D eigenvalue weighted by atomic mass is 10.1.